The van der Waals surface area contributed by atoms with Crippen LogP contribution in [0, 0.1) is 5.82 Å². The zero-order valence-corrected chi connectivity index (χ0v) is 10.9. The van der Waals surface area contributed by atoms with Crippen molar-refractivity contribution in [3.05, 3.63) is 64.9 Å². The Morgan fingerprint density at radius 2 is 1.50 bits per heavy atom. The molecule has 0 N–H and O–H groups in total. The standard InChI is InChI=1S/C13H10ClFO2S/c14-11-3-1-10(2-4-11)9-18(16,17)13-7-5-12(15)6-8-13/h1-8H,9H2. The molecule has 2 nitrogen and oxygen atoms in total. The Hall–Kier alpha value is -1.39. The molecular formula is C13H10ClFO2S. The molecule has 0 aliphatic heterocycles. The van der Waals surface area contributed by atoms with Gasteiger partial charge in [-0.1, -0.05) is 23.7 Å². The Kier molecular flexibility index (Phi) is 3.68. The second-order valence-corrected chi connectivity index (χ2v) is 6.27. The lowest BCUT2D eigenvalue weighted by Gasteiger charge is -2.04. The van der Waals surface area contributed by atoms with Crippen molar-refractivity contribution >= 4 is 21.4 Å². The van der Waals surface area contributed by atoms with Crippen LogP contribution in [0.1, 0.15) is 5.56 Å². The molecule has 18 heavy (non-hydrogen) atoms. The van der Waals surface area contributed by atoms with Crippen LogP contribution in [0.25, 0.3) is 0 Å². The molecule has 0 radical (unpaired) electrons. The van der Waals surface area contributed by atoms with Crippen LogP contribution >= 0.6 is 11.6 Å². The maximum Gasteiger partial charge on any atom is 0.182 e. The summed E-state index contributed by atoms with van der Waals surface area (Å²) >= 11 is 5.73. The summed E-state index contributed by atoms with van der Waals surface area (Å²) < 4.78 is 36.8. The molecule has 0 unspecified atom stereocenters. The molecule has 2 aromatic carbocycles. The van der Waals surface area contributed by atoms with Gasteiger partial charge in [0.15, 0.2) is 9.84 Å². The van der Waals surface area contributed by atoms with Gasteiger partial charge < -0.3 is 0 Å². The Morgan fingerprint density at radius 1 is 0.944 bits per heavy atom. The summed E-state index contributed by atoms with van der Waals surface area (Å²) in [4.78, 5) is 0.110. The fraction of sp³-hybridized carbons (Fsp3) is 0.0769. The quantitative estimate of drug-likeness (QED) is 0.809. The van der Waals surface area contributed by atoms with Gasteiger partial charge in [0, 0.05) is 5.02 Å². The zero-order valence-electron chi connectivity index (χ0n) is 9.31. The number of rotatable bonds is 3. The molecule has 0 aliphatic rings. The van der Waals surface area contributed by atoms with E-state index in [1.165, 1.54) is 12.1 Å². The molecule has 2 rings (SSSR count). The van der Waals surface area contributed by atoms with Gasteiger partial charge in [-0.25, -0.2) is 12.8 Å². The van der Waals surface area contributed by atoms with Crippen LogP contribution in [0.15, 0.2) is 53.4 Å². The van der Waals surface area contributed by atoms with Crippen molar-refractivity contribution in [3.8, 4) is 0 Å². The van der Waals surface area contributed by atoms with Crippen LogP contribution in [0.5, 0.6) is 0 Å². The third-order valence-corrected chi connectivity index (χ3v) is 4.40. The van der Waals surface area contributed by atoms with Crippen molar-refractivity contribution in [3.63, 3.8) is 0 Å². The first-order valence-electron chi connectivity index (χ1n) is 5.20. The maximum absolute atomic E-state index is 12.7. The second-order valence-electron chi connectivity index (χ2n) is 3.84. The van der Waals surface area contributed by atoms with E-state index in [2.05, 4.69) is 0 Å². The van der Waals surface area contributed by atoms with Crippen LogP contribution in [-0.2, 0) is 15.6 Å². The summed E-state index contributed by atoms with van der Waals surface area (Å²) in [5.41, 5.74) is 0.642. The first-order chi connectivity index (χ1) is 8.47. The van der Waals surface area contributed by atoms with Crippen molar-refractivity contribution in [2.45, 2.75) is 10.6 Å². The summed E-state index contributed by atoms with van der Waals surface area (Å²) in [5.74, 6) is -0.587. The lowest BCUT2D eigenvalue weighted by Crippen LogP contribution is -2.04. The van der Waals surface area contributed by atoms with Gasteiger partial charge in [0.25, 0.3) is 0 Å². The van der Waals surface area contributed by atoms with Gasteiger partial charge in [0.2, 0.25) is 0 Å². The topological polar surface area (TPSA) is 34.1 Å². The van der Waals surface area contributed by atoms with Crippen LogP contribution in [0.3, 0.4) is 0 Å². The second kappa shape index (κ2) is 5.08. The molecule has 0 atom stereocenters. The Labute approximate surface area is 110 Å². The minimum atomic E-state index is -3.45. The smallest absolute Gasteiger partial charge is 0.182 e. The van der Waals surface area contributed by atoms with E-state index in [0.29, 0.717) is 10.6 Å². The van der Waals surface area contributed by atoms with Gasteiger partial charge in [-0.05, 0) is 42.0 Å². The van der Waals surface area contributed by atoms with Gasteiger partial charge in [-0.15, -0.1) is 0 Å². The molecule has 0 bridgehead atoms. The maximum atomic E-state index is 12.7. The average molecular weight is 285 g/mol. The average Bonchev–Trinajstić information content (AvgIpc) is 2.32. The van der Waals surface area contributed by atoms with Crippen molar-refractivity contribution in [2.75, 3.05) is 0 Å². The Bertz CT molecular complexity index is 634. The zero-order chi connectivity index (χ0) is 13.2. The van der Waals surface area contributed by atoms with E-state index in [0.717, 1.165) is 12.1 Å². The minimum Gasteiger partial charge on any atom is -0.223 e. The Morgan fingerprint density at radius 3 is 2.06 bits per heavy atom. The molecule has 0 saturated carbocycles. The molecule has 94 valence electrons. The first-order valence-corrected chi connectivity index (χ1v) is 7.23. The lowest BCUT2D eigenvalue weighted by atomic mass is 10.2. The molecule has 0 spiro atoms. The number of sulfone groups is 1. The molecular weight excluding hydrogens is 275 g/mol. The highest BCUT2D eigenvalue weighted by atomic mass is 35.5. The molecule has 0 fully saturated rings. The monoisotopic (exact) mass is 284 g/mol. The highest BCUT2D eigenvalue weighted by Gasteiger charge is 2.15. The van der Waals surface area contributed by atoms with Crippen molar-refractivity contribution in [1.29, 1.82) is 0 Å². The van der Waals surface area contributed by atoms with E-state index in [9.17, 15) is 12.8 Å². The lowest BCUT2D eigenvalue weighted by molar-refractivity contribution is 0.594. The van der Waals surface area contributed by atoms with Crippen molar-refractivity contribution in [2.24, 2.45) is 0 Å². The predicted molar refractivity (Wildman–Crippen MR) is 68.7 cm³/mol. The molecule has 0 saturated heterocycles. The van der Waals surface area contributed by atoms with E-state index in [1.54, 1.807) is 24.3 Å². The highest BCUT2D eigenvalue weighted by molar-refractivity contribution is 7.90. The fourth-order valence-corrected chi connectivity index (χ4v) is 3.00. The predicted octanol–water partition coefficient (Wildman–Crippen LogP) is 3.45. The number of hydrogen-bond donors (Lipinski definition) is 0. The summed E-state index contributed by atoms with van der Waals surface area (Å²) in [6.45, 7) is 0. The van der Waals surface area contributed by atoms with Crippen LogP contribution in [0.2, 0.25) is 5.02 Å². The van der Waals surface area contributed by atoms with E-state index in [1.807, 2.05) is 0 Å². The van der Waals surface area contributed by atoms with Crippen molar-refractivity contribution < 1.29 is 12.8 Å². The van der Waals surface area contributed by atoms with E-state index in [4.69, 9.17) is 11.6 Å². The summed E-state index contributed by atoms with van der Waals surface area (Å²) in [7, 11) is -3.45. The summed E-state index contributed by atoms with van der Waals surface area (Å²) in [6, 6.07) is 11.4. The molecule has 0 heterocycles. The van der Waals surface area contributed by atoms with Crippen LogP contribution < -0.4 is 0 Å². The third-order valence-electron chi connectivity index (χ3n) is 2.44. The van der Waals surface area contributed by atoms with Gasteiger partial charge in [0.05, 0.1) is 10.6 Å². The normalized spacial score (nSPS) is 11.4. The summed E-state index contributed by atoms with van der Waals surface area (Å²) in [6.07, 6.45) is 0. The molecule has 0 aromatic heterocycles. The molecule has 0 aliphatic carbocycles. The first kappa shape index (κ1) is 13.1. The van der Waals surface area contributed by atoms with Crippen molar-refractivity contribution in [1.82, 2.24) is 0 Å². The van der Waals surface area contributed by atoms with Crippen LogP contribution in [0.4, 0.5) is 4.39 Å². The Balaban J connectivity index is 2.27. The van der Waals surface area contributed by atoms with E-state index in [-0.39, 0.29) is 10.6 Å². The minimum absolute atomic E-state index is 0.110. The van der Waals surface area contributed by atoms with Crippen LogP contribution in [-0.4, -0.2) is 8.42 Å². The number of halogens is 2. The van der Waals surface area contributed by atoms with Gasteiger partial charge in [-0.3, -0.25) is 0 Å². The number of benzene rings is 2. The SMILES string of the molecule is O=S(=O)(Cc1ccc(Cl)cc1)c1ccc(F)cc1. The highest BCUT2D eigenvalue weighted by Crippen LogP contribution is 2.18. The van der Waals surface area contributed by atoms with Gasteiger partial charge in [0.1, 0.15) is 5.82 Å². The molecule has 2 aromatic rings. The fourth-order valence-electron chi connectivity index (χ4n) is 1.53. The molecule has 5 heteroatoms. The largest absolute Gasteiger partial charge is 0.223 e. The molecule has 0 amide bonds. The van der Waals surface area contributed by atoms with Gasteiger partial charge in [-0.2, -0.15) is 0 Å². The van der Waals surface area contributed by atoms with E-state index >= 15 is 0 Å². The van der Waals surface area contributed by atoms with Gasteiger partial charge >= 0.3 is 0 Å². The summed E-state index contributed by atoms with van der Waals surface area (Å²) in [5, 5.41) is 0.554. The van der Waals surface area contributed by atoms with E-state index < -0.39 is 15.7 Å². The third kappa shape index (κ3) is 3.09. The number of hydrogen-bond acceptors (Lipinski definition) is 2.